The molecule has 3 atom stereocenters. The van der Waals surface area contributed by atoms with Crippen LogP contribution in [0.15, 0.2) is 28.7 Å². The van der Waals surface area contributed by atoms with Gasteiger partial charge in [0.15, 0.2) is 5.60 Å². The molecule has 1 amide bonds. The second-order valence-electron chi connectivity index (χ2n) is 5.28. The van der Waals surface area contributed by atoms with Gasteiger partial charge in [-0.1, -0.05) is 34.1 Å². The van der Waals surface area contributed by atoms with Gasteiger partial charge in [0.1, 0.15) is 0 Å². The van der Waals surface area contributed by atoms with Crippen LogP contribution in [0.2, 0.25) is 0 Å². The molecule has 0 bridgehead atoms. The Kier molecular flexibility index (Phi) is 3.62. The maximum Gasteiger partial charge on any atom is 0.253 e. The minimum atomic E-state index is -1.15. The van der Waals surface area contributed by atoms with E-state index in [1.807, 2.05) is 18.2 Å². The van der Waals surface area contributed by atoms with Crippen LogP contribution in [0.1, 0.15) is 24.3 Å². The van der Waals surface area contributed by atoms with Gasteiger partial charge in [0.25, 0.3) is 5.91 Å². The molecule has 1 heterocycles. The van der Waals surface area contributed by atoms with E-state index in [9.17, 15) is 9.90 Å². The molecule has 3 nitrogen and oxygen atoms in total. The molecule has 1 aliphatic heterocycles. The summed E-state index contributed by atoms with van der Waals surface area (Å²) >= 11 is 5.18. The molecule has 1 saturated carbocycles. The molecule has 2 fully saturated rings. The van der Waals surface area contributed by atoms with Gasteiger partial charge in [-0.15, -0.1) is 0 Å². The average molecular weight is 342 g/mol. The predicted octanol–water partition coefficient (Wildman–Crippen LogP) is 2.29. The SMILES string of the molecule is O=C(NC1CC1c1ccccc1Br)C1(O)CCSC1. The summed E-state index contributed by atoms with van der Waals surface area (Å²) in [6.45, 7) is 0. The summed E-state index contributed by atoms with van der Waals surface area (Å²) < 4.78 is 1.09. The first kappa shape index (κ1) is 13.5. The lowest BCUT2D eigenvalue weighted by Gasteiger charge is -2.20. The summed E-state index contributed by atoms with van der Waals surface area (Å²) in [5, 5.41) is 13.2. The number of amides is 1. The van der Waals surface area contributed by atoms with Gasteiger partial charge < -0.3 is 10.4 Å². The highest BCUT2D eigenvalue weighted by Crippen LogP contribution is 2.44. The van der Waals surface area contributed by atoms with Crippen LogP contribution in [-0.2, 0) is 4.79 Å². The molecule has 0 radical (unpaired) electrons. The first-order valence-electron chi connectivity index (χ1n) is 6.46. The molecule has 102 valence electrons. The Labute approximate surface area is 125 Å². The monoisotopic (exact) mass is 341 g/mol. The van der Waals surface area contributed by atoms with Crippen molar-refractivity contribution in [3.8, 4) is 0 Å². The molecular formula is C14H16BrNO2S. The highest BCUT2D eigenvalue weighted by atomic mass is 79.9. The van der Waals surface area contributed by atoms with E-state index < -0.39 is 5.60 Å². The van der Waals surface area contributed by atoms with Crippen LogP contribution in [0.4, 0.5) is 0 Å². The Morgan fingerprint density at radius 1 is 1.47 bits per heavy atom. The Bertz CT molecular complexity index is 502. The molecular weight excluding hydrogens is 326 g/mol. The van der Waals surface area contributed by atoms with Gasteiger partial charge >= 0.3 is 0 Å². The first-order chi connectivity index (χ1) is 9.10. The molecule has 5 heteroatoms. The van der Waals surface area contributed by atoms with Crippen LogP contribution in [0.25, 0.3) is 0 Å². The number of benzene rings is 1. The van der Waals surface area contributed by atoms with E-state index in [0.29, 0.717) is 18.1 Å². The molecule has 19 heavy (non-hydrogen) atoms. The van der Waals surface area contributed by atoms with Gasteiger partial charge in [-0.05, 0) is 30.2 Å². The van der Waals surface area contributed by atoms with Gasteiger partial charge in [0.2, 0.25) is 0 Å². The van der Waals surface area contributed by atoms with Crippen LogP contribution >= 0.6 is 27.7 Å². The van der Waals surface area contributed by atoms with E-state index in [4.69, 9.17) is 0 Å². The molecule has 1 aromatic rings. The Balaban J connectivity index is 1.62. The molecule has 2 aliphatic rings. The van der Waals surface area contributed by atoms with Gasteiger partial charge in [0.05, 0.1) is 0 Å². The minimum absolute atomic E-state index is 0.167. The number of carbonyl (C=O) groups excluding carboxylic acids is 1. The third-order valence-corrected chi connectivity index (χ3v) is 5.73. The molecule has 3 unspecified atom stereocenters. The fraction of sp³-hybridized carbons (Fsp3) is 0.500. The van der Waals surface area contributed by atoms with Crippen LogP contribution in [-0.4, -0.2) is 34.2 Å². The fourth-order valence-corrected chi connectivity index (χ4v) is 4.33. The molecule has 1 aromatic carbocycles. The van der Waals surface area contributed by atoms with Crippen LogP contribution < -0.4 is 5.32 Å². The number of hydrogen-bond donors (Lipinski definition) is 2. The molecule has 3 rings (SSSR count). The lowest BCUT2D eigenvalue weighted by atomic mass is 10.0. The van der Waals surface area contributed by atoms with E-state index in [0.717, 1.165) is 16.6 Å². The normalized spacial score (nSPS) is 33.2. The standard InChI is InChI=1S/C14H16BrNO2S/c15-11-4-2-1-3-9(11)10-7-12(10)16-13(17)14(18)5-6-19-8-14/h1-4,10,12,18H,5-8H2,(H,16,17). The number of aliphatic hydroxyl groups is 1. The van der Waals surface area contributed by atoms with Crippen molar-refractivity contribution >= 4 is 33.6 Å². The van der Waals surface area contributed by atoms with E-state index >= 15 is 0 Å². The third kappa shape index (κ3) is 2.69. The molecule has 2 N–H and O–H groups in total. The van der Waals surface area contributed by atoms with Crippen molar-refractivity contribution in [1.82, 2.24) is 5.32 Å². The van der Waals surface area contributed by atoms with Crippen molar-refractivity contribution in [3.63, 3.8) is 0 Å². The van der Waals surface area contributed by atoms with Gasteiger partial charge in [0, 0.05) is 22.2 Å². The van der Waals surface area contributed by atoms with E-state index in [2.05, 4.69) is 27.3 Å². The maximum atomic E-state index is 12.1. The average Bonchev–Trinajstić information content (AvgIpc) is 2.99. The summed E-state index contributed by atoms with van der Waals surface area (Å²) in [5.74, 6) is 1.56. The van der Waals surface area contributed by atoms with Crippen LogP contribution in [0.3, 0.4) is 0 Å². The first-order valence-corrected chi connectivity index (χ1v) is 8.40. The largest absolute Gasteiger partial charge is 0.379 e. The second-order valence-corrected chi connectivity index (χ2v) is 7.24. The summed E-state index contributed by atoms with van der Waals surface area (Å²) in [4.78, 5) is 12.1. The number of thioether (sulfide) groups is 1. The topological polar surface area (TPSA) is 49.3 Å². The zero-order valence-corrected chi connectivity index (χ0v) is 12.8. The zero-order valence-electron chi connectivity index (χ0n) is 10.4. The summed E-state index contributed by atoms with van der Waals surface area (Å²) in [5.41, 5.74) is 0.0896. The van der Waals surface area contributed by atoms with Crippen molar-refractivity contribution < 1.29 is 9.90 Å². The number of carbonyl (C=O) groups is 1. The van der Waals surface area contributed by atoms with E-state index in [1.165, 1.54) is 5.56 Å². The Hall–Kier alpha value is -0.520. The Morgan fingerprint density at radius 2 is 2.26 bits per heavy atom. The highest BCUT2D eigenvalue weighted by Gasteiger charge is 2.46. The number of rotatable bonds is 3. The molecule has 1 saturated heterocycles. The molecule has 0 aromatic heterocycles. The predicted molar refractivity (Wildman–Crippen MR) is 80.3 cm³/mol. The Morgan fingerprint density at radius 3 is 2.95 bits per heavy atom. The van der Waals surface area contributed by atoms with Gasteiger partial charge in [-0.2, -0.15) is 11.8 Å². The zero-order chi connectivity index (χ0) is 13.5. The molecule has 0 spiro atoms. The maximum absolute atomic E-state index is 12.1. The lowest BCUT2D eigenvalue weighted by Crippen LogP contribution is -2.47. The van der Waals surface area contributed by atoms with E-state index in [1.54, 1.807) is 11.8 Å². The van der Waals surface area contributed by atoms with E-state index in [-0.39, 0.29) is 11.9 Å². The van der Waals surface area contributed by atoms with Gasteiger partial charge in [-0.25, -0.2) is 0 Å². The van der Waals surface area contributed by atoms with Crippen molar-refractivity contribution in [2.75, 3.05) is 11.5 Å². The van der Waals surface area contributed by atoms with Crippen molar-refractivity contribution in [2.45, 2.75) is 30.4 Å². The number of halogens is 1. The minimum Gasteiger partial charge on any atom is -0.379 e. The van der Waals surface area contributed by atoms with Crippen molar-refractivity contribution in [1.29, 1.82) is 0 Å². The highest BCUT2D eigenvalue weighted by molar-refractivity contribution is 9.10. The number of hydrogen-bond acceptors (Lipinski definition) is 3. The van der Waals surface area contributed by atoms with Crippen LogP contribution in [0, 0.1) is 0 Å². The quantitative estimate of drug-likeness (QED) is 0.886. The van der Waals surface area contributed by atoms with Crippen LogP contribution in [0.5, 0.6) is 0 Å². The second kappa shape index (κ2) is 5.11. The smallest absolute Gasteiger partial charge is 0.253 e. The van der Waals surface area contributed by atoms with Gasteiger partial charge in [-0.3, -0.25) is 4.79 Å². The molecule has 1 aliphatic carbocycles. The van der Waals surface area contributed by atoms with Crippen molar-refractivity contribution in [2.24, 2.45) is 0 Å². The third-order valence-electron chi connectivity index (χ3n) is 3.84. The summed E-state index contributed by atoms with van der Waals surface area (Å²) in [7, 11) is 0. The fourth-order valence-electron chi connectivity index (χ4n) is 2.51. The summed E-state index contributed by atoms with van der Waals surface area (Å²) in [6, 6.07) is 8.27. The number of nitrogens with one attached hydrogen (secondary N) is 1. The lowest BCUT2D eigenvalue weighted by molar-refractivity contribution is -0.137. The summed E-state index contributed by atoms with van der Waals surface area (Å²) in [6.07, 6.45) is 1.52. The van der Waals surface area contributed by atoms with Crippen molar-refractivity contribution in [3.05, 3.63) is 34.3 Å².